The van der Waals surface area contributed by atoms with Crippen LogP contribution >= 0.6 is 23.8 Å². The van der Waals surface area contributed by atoms with E-state index in [1.165, 1.54) is 0 Å². The molecule has 23 heavy (non-hydrogen) atoms. The summed E-state index contributed by atoms with van der Waals surface area (Å²) < 4.78 is 11.0. The first-order valence-electron chi connectivity index (χ1n) is 7.18. The molecular weight excluding hydrogens is 332 g/mol. The Hall–Kier alpha value is -1.98. The molecule has 0 heterocycles. The van der Waals surface area contributed by atoms with Crippen LogP contribution < -0.4 is 20.1 Å². The van der Waals surface area contributed by atoms with Gasteiger partial charge in [-0.05, 0) is 43.4 Å². The summed E-state index contributed by atoms with van der Waals surface area (Å²) in [6, 6.07) is 15.0. The number of anilines is 1. The Balaban J connectivity index is 1.83. The number of hydrogen-bond acceptors (Lipinski definition) is 3. The number of para-hydroxylation sites is 3. The molecule has 2 aromatic carbocycles. The van der Waals surface area contributed by atoms with Crippen molar-refractivity contribution in [2.24, 2.45) is 0 Å². The lowest BCUT2D eigenvalue weighted by Gasteiger charge is -2.18. The van der Waals surface area contributed by atoms with Gasteiger partial charge in [-0.1, -0.05) is 35.9 Å². The normalized spacial score (nSPS) is 11.4. The number of ether oxygens (including phenoxy) is 2. The third-order valence-corrected chi connectivity index (χ3v) is 3.61. The van der Waals surface area contributed by atoms with E-state index < -0.39 is 0 Å². The number of hydrogen-bond donors (Lipinski definition) is 2. The van der Waals surface area contributed by atoms with Gasteiger partial charge in [0, 0.05) is 0 Å². The minimum Gasteiger partial charge on any atom is -0.493 e. The molecule has 0 aliphatic carbocycles. The summed E-state index contributed by atoms with van der Waals surface area (Å²) in [6.45, 7) is 2.43. The number of thiocarbonyl (C=S) groups is 1. The van der Waals surface area contributed by atoms with E-state index in [9.17, 15) is 0 Å². The van der Waals surface area contributed by atoms with Crippen LogP contribution in [-0.4, -0.2) is 24.9 Å². The molecule has 0 spiro atoms. The summed E-state index contributed by atoms with van der Waals surface area (Å²) in [6.07, 6.45) is 0. The van der Waals surface area contributed by atoms with Crippen molar-refractivity contribution in [3.05, 3.63) is 53.6 Å². The lowest BCUT2D eigenvalue weighted by Crippen LogP contribution is -2.39. The van der Waals surface area contributed by atoms with E-state index >= 15 is 0 Å². The summed E-state index contributed by atoms with van der Waals surface area (Å²) in [5, 5.41) is 7.34. The maximum absolute atomic E-state index is 6.09. The quantitative estimate of drug-likeness (QED) is 0.768. The lowest BCUT2D eigenvalue weighted by atomic mass is 10.3. The van der Waals surface area contributed by atoms with Crippen LogP contribution in [-0.2, 0) is 0 Å². The molecule has 0 aliphatic rings. The van der Waals surface area contributed by atoms with Crippen molar-refractivity contribution in [3.63, 3.8) is 0 Å². The van der Waals surface area contributed by atoms with Gasteiger partial charge in [0.15, 0.2) is 16.6 Å². The summed E-state index contributed by atoms with van der Waals surface area (Å²) in [4.78, 5) is 0. The Labute approximate surface area is 146 Å². The Kier molecular flexibility index (Phi) is 6.50. The number of halogens is 1. The zero-order valence-electron chi connectivity index (χ0n) is 13.0. The second kappa shape index (κ2) is 8.60. The zero-order valence-corrected chi connectivity index (χ0v) is 14.6. The van der Waals surface area contributed by atoms with Gasteiger partial charge in [-0.3, -0.25) is 0 Å². The van der Waals surface area contributed by atoms with E-state index in [0.717, 1.165) is 5.69 Å². The van der Waals surface area contributed by atoms with Crippen molar-refractivity contribution in [1.29, 1.82) is 0 Å². The van der Waals surface area contributed by atoms with Crippen LogP contribution in [0.4, 0.5) is 5.69 Å². The SMILES string of the molecule is COc1ccccc1OCC(C)NC(=S)Nc1ccccc1Cl. The second-order valence-corrected chi connectivity index (χ2v) is 5.76. The largest absolute Gasteiger partial charge is 0.493 e. The Bertz CT molecular complexity index is 667. The van der Waals surface area contributed by atoms with Crippen LogP contribution in [0.5, 0.6) is 11.5 Å². The molecule has 122 valence electrons. The van der Waals surface area contributed by atoms with E-state index in [-0.39, 0.29) is 6.04 Å². The van der Waals surface area contributed by atoms with E-state index in [1.807, 2.05) is 49.4 Å². The highest BCUT2D eigenvalue weighted by molar-refractivity contribution is 7.80. The van der Waals surface area contributed by atoms with Gasteiger partial charge >= 0.3 is 0 Å². The van der Waals surface area contributed by atoms with Crippen molar-refractivity contribution in [3.8, 4) is 11.5 Å². The van der Waals surface area contributed by atoms with Crippen LogP contribution in [0, 0.1) is 0 Å². The average Bonchev–Trinajstić information content (AvgIpc) is 2.55. The van der Waals surface area contributed by atoms with E-state index in [4.69, 9.17) is 33.3 Å². The van der Waals surface area contributed by atoms with Gasteiger partial charge in [0.1, 0.15) is 6.61 Å². The van der Waals surface area contributed by atoms with Gasteiger partial charge in [-0.25, -0.2) is 0 Å². The molecule has 0 bridgehead atoms. The molecular formula is C17H19ClN2O2S. The van der Waals surface area contributed by atoms with Crippen molar-refractivity contribution in [1.82, 2.24) is 5.32 Å². The Morgan fingerprint density at radius 3 is 2.48 bits per heavy atom. The molecule has 1 atom stereocenters. The van der Waals surface area contributed by atoms with Gasteiger partial charge < -0.3 is 20.1 Å². The average molecular weight is 351 g/mol. The standard InChI is InChI=1S/C17H19ClN2O2S/c1-12(11-22-16-10-6-5-9-15(16)21-2)19-17(23)20-14-8-4-3-7-13(14)18/h3-10,12H,11H2,1-2H3,(H2,19,20,23). The zero-order chi connectivity index (χ0) is 16.7. The Morgan fingerprint density at radius 1 is 1.13 bits per heavy atom. The molecule has 1 unspecified atom stereocenters. The van der Waals surface area contributed by atoms with Gasteiger partial charge in [-0.15, -0.1) is 0 Å². The molecule has 0 saturated carbocycles. The topological polar surface area (TPSA) is 42.5 Å². The molecule has 0 radical (unpaired) electrons. The maximum Gasteiger partial charge on any atom is 0.171 e. The maximum atomic E-state index is 6.09. The predicted molar refractivity (Wildman–Crippen MR) is 98.8 cm³/mol. The minimum atomic E-state index is 0.0161. The van der Waals surface area contributed by atoms with Crippen LogP contribution in [0.25, 0.3) is 0 Å². The molecule has 6 heteroatoms. The van der Waals surface area contributed by atoms with Gasteiger partial charge in [-0.2, -0.15) is 0 Å². The summed E-state index contributed by atoms with van der Waals surface area (Å²) in [5.41, 5.74) is 0.768. The van der Waals surface area contributed by atoms with Crippen molar-refractivity contribution < 1.29 is 9.47 Å². The fourth-order valence-electron chi connectivity index (χ4n) is 1.94. The van der Waals surface area contributed by atoms with Crippen molar-refractivity contribution >= 4 is 34.6 Å². The Morgan fingerprint density at radius 2 is 1.78 bits per heavy atom. The molecule has 0 aromatic heterocycles. The predicted octanol–water partition coefficient (Wildman–Crippen LogP) is 4.10. The molecule has 4 nitrogen and oxygen atoms in total. The molecule has 0 saturated heterocycles. The number of rotatable bonds is 6. The van der Waals surface area contributed by atoms with Crippen LogP contribution in [0.1, 0.15) is 6.92 Å². The number of nitrogens with one attached hydrogen (secondary N) is 2. The third kappa shape index (κ3) is 5.30. The molecule has 0 amide bonds. The molecule has 0 aliphatic heterocycles. The van der Waals surface area contributed by atoms with E-state index in [1.54, 1.807) is 13.2 Å². The minimum absolute atomic E-state index is 0.0161. The monoisotopic (exact) mass is 350 g/mol. The van der Waals surface area contributed by atoms with Gasteiger partial charge in [0.25, 0.3) is 0 Å². The van der Waals surface area contributed by atoms with Crippen molar-refractivity contribution in [2.75, 3.05) is 19.0 Å². The lowest BCUT2D eigenvalue weighted by molar-refractivity contribution is 0.270. The molecule has 2 rings (SSSR count). The molecule has 0 fully saturated rings. The number of benzene rings is 2. The highest BCUT2D eigenvalue weighted by Crippen LogP contribution is 2.25. The summed E-state index contributed by atoms with van der Waals surface area (Å²) in [5.74, 6) is 1.41. The number of methoxy groups -OCH3 is 1. The summed E-state index contributed by atoms with van der Waals surface area (Å²) in [7, 11) is 1.62. The van der Waals surface area contributed by atoms with Gasteiger partial charge in [0.05, 0.1) is 23.9 Å². The van der Waals surface area contributed by atoms with Gasteiger partial charge in [0.2, 0.25) is 0 Å². The first kappa shape index (κ1) is 17.4. The smallest absolute Gasteiger partial charge is 0.171 e. The second-order valence-electron chi connectivity index (χ2n) is 4.94. The van der Waals surface area contributed by atoms with E-state index in [0.29, 0.717) is 28.2 Å². The highest BCUT2D eigenvalue weighted by atomic mass is 35.5. The fraction of sp³-hybridized carbons (Fsp3) is 0.235. The van der Waals surface area contributed by atoms with Crippen LogP contribution in [0.3, 0.4) is 0 Å². The first-order chi connectivity index (χ1) is 11.1. The molecule has 2 N–H and O–H groups in total. The fourth-order valence-corrected chi connectivity index (χ4v) is 2.43. The van der Waals surface area contributed by atoms with Crippen LogP contribution in [0.15, 0.2) is 48.5 Å². The van der Waals surface area contributed by atoms with Crippen LogP contribution in [0.2, 0.25) is 5.02 Å². The molecule has 2 aromatic rings. The summed E-state index contributed by atoms with van der Waals surface area (Å²) >= 11 is 11.4. The van der Waals surface area contributed by atoms with Crippen molar-refractivity contribution in [2.45, 2.75) is 13.0 Å². The highest BCUT2D eigenvalue weighted by Gasteiger charge is 2.09. The third-order valence-electron chi connectivity index (χ3n) is 3.06. The first-order valence-corrected chi connectivity index (χ1v) is 7.96. The van der Waals surface area contributed by atoms with E-state index in [2.05, 4.69) is 10.6 Å².